The highest BCUT2D eigenvalue weighted by Crippen LogP contribution is 2.31. The minimum atomic E-state index is -0.132. The van der Waals surface area contributed by atoms with Crippen molar-refractivity contribution in [2.24, 2.45) is 0 Å². The minimum Gasteiger partial charge on any atom is -0.497 e. The number of carbonyl (C=O) groups excluding carboxylic acids is 1. The molecule has 4 aromatic rings. The molecule has 7 nitrogen and oxygen atoms in total. The number of nitrogens with one attached hydrogen (secondary N) is 1. The van der Waals surface area contributed by atoms with Gasteiger partial charge in [0, 0.05) is 12.0 Å². The first kappa shape index (κ1) is 23.0. The molecule has 8 heteroatoms. The summed E-state index contributed by atoms with van der Waals surface area (Å²) >= 11 is 1.26. The smallest absolute Gasteiger partial charge is 0.262 e. The highest BCUT2D eigenvalue weighted by molar-refractivity contribution is 7.99. The molecule has 1 atom stereocenters. The summed E-state index contributed by atoms with van der Waals surface area (Å²) in [4.78, 5) is 30.9. The Morgan fingerprint density at radius 2 is 1.89 bits per heavy atom. The lowest BCUT2D eigenvalue weighted by Gasteiger charge is -2.26. The maximum absolute atomic E-state index is 13.3. The van der Waals surface area contributed by atoms with E-state index in [1.807, 2.05) is 66.7 Å². The molecular weight excluding hydrogens is 462 g/mol. The summed E-state index contributed by atoms with van der Waals surface area (Å²) in [5.74, 6) is 1.59. The van der Waals surface area contributed by atoms with Crippen LogP contribution in [-0.2, 0) is 11.3 Å². The van der Waals surface area contributed by atoms with Gasteiger partial charge in [-0.3, -0.25) is 14.2 Å². The first-order valence-electron chi connectivity index (χ1n) is 11.4. The average Bonchev–Trinajstić information content (AvgIpc) is 2.90. The molecule has 178 valence electrons. The van der Waals surface area contributed by atoms with Crippen LogP contribution in [0.25, 0.3) is 10.9 Å². The zero-order chi connectivity index (χ0) is 24.2. The molecule has 1 amide bonds. The molecule has 0 fully saturated rings. The summed E-state index contributed by atoms with van der Waals surface area (Å²) in [5.41, 5.74) is 2.41. The van der Waals surface area contributed by atoms with E-state index in [1.165, 1.54) is 11.8 Å². The van der Waals surface area contributed by atoms with Crippen molar-refractivity contribution in [2.75, 3.05) is 19.5 Å². The molecule has 0 saturated heterocycles. The van der Waals surface area contributed by atoms with Crippen molar-refractivity contribution in [3.05, 3.63) is 94.3 Å². The summed E-state index contributed by atoms with van der Waals surface area (Å²) in [6.07, 6.45) is 0.712. The Hall–Kier alpha value is -3.78. The second-order valence-electron chi connectivity index (χ2n) is 8.23. The van der Waals surface area contributed by atoms with Crippen LogP contribution in [-0.4, -0.2) is 34.9 Å². The van der Waals surface area contributed by atoms with Crippen LogP contribution < -0.4 is 20.3 Å². The van der Waals surface area contributed by atoms with Gasteiger partial charge in [-0.15, -0.1) is 0 Å². The van der Waals surface area contributed by atoms with Crippen molar-refractivity contribution < 1.29 is 14.3 Å². The SMILES string of the molecule is COc1ccc(Cn2c(SCC(=O)NC3CCOc4ccccc43)nc3ccccc3c2=O)cc1. The van der Waals surface area contributed by atoms with Crippen molar-refractivity contribution in [3.63, 3.8) is 0 Å². The molecule has 0 aliphatic carbocycles. The van der Waals surface area contributed by atoms with Crippen LogP contribution in [0.2, 0.25) is 0 Å². The largest absolute Gasteiger partial charge is 0.497 e. The van der Waals surface area contributed by atoms with E-state index >= 15 is 0 Å². The number of aromatic nitrogens is 2. The number of fused-ring (bicyclic) bond motifs is 2. The molecule has 1 aliphatic heterocycles. The molecule has 0 bridgehead atoms. The Bertz CT molecular complexity index is 1420. The Labute approximate surface area is 207 Å². The Kier molecular flexibility index (Phi) is 6.72. The van der Waals surface area contributed by atoms with E-state index in [9.17, 15) is 9.59 Å². The van der Waals surface area contributed by atoms with Crippen molar-refractivity contribution >= 4 is 28.6 Å². The highest BCUT2D eigenvalue weighted by atomic mass is 32.2. The maximum atomic E-state index is 13.3. The molecule has 1 N–H and O–H groups in total. The number of amides is 1. The number of methoxy groups -OCH3 is 1. The summed E-state index contributed by atoms with van der Waals surface area (Å²) in [6, 6.07) is 22.5. The minimum absolute atomic E-state index is 0.0981. The molecular formula is C27H25N3O4S. The number of para-hydroxylation sites is 2. The maximum Gasteiger partial charge on any atom is 0.262 e. The number of ether oxygens (including phenoxy) is 2. The van der Waals surface area contributed by atoms with Crippen LogP contribution >= 0.6 is 11.8 Å². The molecule has 1 aromatic heterocycles. The van der Waals surface area contributed by atoms with Crippen molar-refractivity contribution in [3.8, 4) is 11.5 Å². The molecule has 0 saturated carbocycles. The van der Waals surface area contributed by atoms with Gasteiger partial charge in [-0.1, -0.05) is 54.2 Å². The van der Waals surface area contributed by atoms with E-state index in [4.69, 9.17) is 14.5 Å². The first-order valence-corrected chi connectivity index (χ1v) is 12.4. The van der Waals surface area contributed by atoms with Gasteiger partial charge >= 0.3 is 0 Å². The monoisotopic (exact) mass is 487 g/mol. The number of carbonyl (C=O) groups is 1. The van der Waals surface area contributed by atoms with Crippen LogP contribution in [0.15, 0.2) is 82.7 Å². The van der Waals surface area contributed by atoms with E-state index in [1.54, 1.807) is 17.7 Å². The predicted octanol–water partition coefficient (Wildman–Crippen LogP) is 4.19. The zero-order valence-corrected chi connectivity index (χ0v) is 20.1. The molecule has 1 unspecified atom stereocenters. The first-order chi connectivity index (χ1) is 17.1. The second kappa shape index (κ2) is 10.2. The lowest BCUT2D eigenvalue weighted by atomic mass is 10.0. The van der Waals surface area contributed by atoms with E-state index in [-0.39, 0.29) is 23.3 Å². The van der Waals surface area contributed by atoms with Gasteiger partial charge in [0.1, 0.15) is 11.5 Å². The van der Waals surface area contributed by atoms with E-state index in [0.717, 1.165) is 22.6 Å². The van der Waals surface area contributed by atoms with Crippen molar-refractivity contribution in [1.82, 2.24) is 14.9 Å². The fourth-order valence-electron chi connectivity index (χ4n) is 4.17. The van der Waals surface area contributed by atoms with Gasteiger partial charge in [-0.2, -0.15) is 0 Å². The van der Waals surface area contributed by atoms with Gasteiger partial charge in [-0.25, -0.2) is 4.98 Å². The van der Waals surface area contributed by atoms with Crippen LogP contribution in [0, 0.1) is 0 Å². The van der Waals surface area contributed by atoms with E-state index in [0.29, 0.717) is 35.6 Å². The molecule has 35 heavy (non-hydrogen) atoms. The number of thioether (sulfide) groups is 1. The van der Waals surface area contributed by atoms with Gasteiger partial charge < -0.3 is 14.8 Å². The molecule has 0 spiro atoms. The third kappa shape index (κ3) is 5.02. The van der Waals surface area contributed by atoms with Gasteiger partial charge in [0.05, 0.1) is 43.0 Å². The number of nitrogens with zero attached hydrogens (tertiary/aromatic N) is 2. The van der Waals surface area contributed by atoms with Gasteiger partial charge in [0.15, 0.2) is 5.16 Å². The quantitative estimate of drug-likeness (QED) is 0.311. The van der Waals surface area contributed by atoms with Crippen LogP contribution in [0.1, 0.15) is 23.6 Å². The third-order valence-electron chi connectivity index (χ3n) is 5.95. The fraction of sp³-hybridized carbons (Fsp3) is 0.222. The fourth-order valence-corrected chi connectivity index (χ4v) is 4.98. The number of hydrogen-bond acceptors (Lipinski definition) is 6. The molecule has 2 heterocycles. The number of rotatable bonds is 7. The standard InChI is InChI=1S/C27H25N3O4S/c1-33-19-12-10-18(11-13-19)16-30-26(32)21-7-2-4-8-22(21)29-27(30)35-17-25(31)28-23-14-15-34-24-9-5-3-6-20(23)24/h2-13,23H,14-17H2,1H3,(H,28,31). The summed E-state index contributed by atoms with van der Waals surface area (Å²) < 4.78 is 12.6. The normalized spacial score (nSPS) is 14.7. The van der Waals surface area contributed by atoms with Gasteiger partial charge in [-0.05, 0) is 35.9 Å². The summed E-state index contributed by atoms with van der Waals surface area (Å²) in [5, 5.41) is 4.17. The van der Waals surface area contributed by atoms with Gasteiger partial charge in [0.2, 0.25) is 5.91 Å². The lowest BCUT2D eigenvalue weighted by molar-refractivity contribution is -0.119. The third-order valence-corrected chi connectivity index (χ3v) is 6.93. The molecule has 5 rings (SSSR count). The Morgan fingerprint density at radius 1 is 1.11 bits per heavy atom. The average molecular weight is 488 g/mol. The highest BCUT2D eigenvalue weighted by Gasteiger charge is 2.23. The molecule has 1 aliphatic rings. The topological polar surface area (TPSA) is 82.4 Å². The van der Waals surface area contributed by atoms with Crippen LogP contribution in [0.3, 0.4) is 0 Å². The molecule has 0 radical (unpaired) electrons. The summed E-state index contributed by atoms with van der Waals surface area (Å²) in [7, 11) is 1.62. The van der Waals surface area contributed by atoms with E-state index < -0.39 is 0 Å². The molecule has 3 aromatic carbocycles. The predicted molar refractivity (Wildman–Crippen MR) is 136 cm³/mol. The van der Waals surface area contributed by atoms with Crippen LogP contribution in [0.5, 0.6) is 11.5 Å². The second-order valence-corrected chi connectivity index (χ2v) is 9.18. The van der Waals surface area contributed by atoms with E-state index in [2.05, 4.69) is 5.32 Å². The van der Waals surface area contributed by atoms with Crippen molar-refractivity contribution in [1.29, 1.82) is 0 Å². The Morgan fingerprint density at radius 3 is 2.71 bits per heavy atom. The number of benzene rings is 3. The van der Waals surface area contributed by atoms with Crippen molar-refractivity contribution in [2.45, 2.75) is 24.2 Å². The van der Waals surface area contributed by atoms with Crippen LogP contribution in [0.4, 0.5) is 0 Å². The Balaban J connectivity index is 1.37. The number of hydrogen-bond donors (Lipinski definition) is 1. The lowest BCUT2D eigenvalue weighted by Crippen LogP contribution is -2.33. The zero-order valence-electron chi connectivity index (χ0n) is 19.3. The van der Waals surface area contributed by atoms with Gasteiger partial charge in [0.25, 0.3) is 5.56 Å². The summed E-state index contributed by atoms with van der Waals surface area (Å²) in [6.45, 7) is 0.903.